The second-order valence-electron chi connectivity index (χ2n) is 7.75. The summed E-state index contributed by atoms with van der Waals surface area (Å²) in [6.45, 7) is 3.07. The Labute approximate surface area is 184 Å². The standard InChI is InChI=1S/C24H22N4O4/c1-15-13-18-5-3-4-6-21(18)28(15)24(32)20-11-12-23(31)27(26-20)14-22(30)25-19-9-7-17(8-10-19)16(2)29/h3-12,15H,13-14H2,1-2H3,(H,25,30)/t15-/m0/s1. The monoisotopic (exact) mass is 430 g/mol. The van der Waals surface area contributed by atoms with E-state index in [4.69, 9.17) is 0 Å². The van der Waals surface area contributed by atoms with Crippen LogP contribution in [0.2, 0.25) is 0 Å². The SMILES string of the molecule is CC(=O)c1ccc(NC(=O)Cn2nc(C(=O)N3c4ccccc4C[C@@H]3C)ccc2=O)cc1. The van der Waals surface area contributed by atoms with Crippen LogP contribution in [-0.4, -0.2) is 33.4 Å². The van der Waals surface area contributed by atoms with Crippen molar-refractivity contribution in [3.05, 3.63) is 87.8 Å². The number of amides is 2. The minimum atomic E-state index is -0.488. The van der Waals surface area contributed by atoms with Crippen LogP contribution < -0.4 is 15.8 Å². The lowest BCUT2D eigenvalue weighted by atomic mass is 10.1. The number of rotatable bonds is 5. The molecule has 1 aliphatic heterocycles. The highest BCUT2D eigenvalue weighted by molar-refractivity contribution is 6.06. The fourth-order valence-corrected chi connectivity index (χ4v) is 3.80. The Kier molecular flexibility index (Phi) is 5.68. The van der Waals surface area contributed by atoms with Crippen molar-refractivity contribution in [2.45, 2.75) is 32.9 Å². The molecule has 32 heavy (non-hydrogen) atoms. The summed E-state index contributed by atoms with van der Waals surface area (Å²) in [5.74, 6) is -0.869. The Morgan fingerprint density at radius 3 is 2.47 bits per heavy atom. The minimum Gasteiger partial charge on any atom is -0.324 e. The summed E-state index contributed by atoms with van der Waals surface area (Å²) in [5.41, 5.74) is 2.53. The van der Waals surface area contributed by atoms with Gasteiger partial charge in [0.1, 0.15) is 12.2 Å². The maximum Gasteiger partial charge on any atom is 0.278 e. The number of Topliss-reactive ketones (excluding diaryl/α,β-unsaturated/α-hetero) is 1. The lowest BCUT2D eigenvalue weighted by Gasteiger charge is -2.22. The summed E-state index contributed by atoms with van der Waals surface area (Å²) in [6.07, 6.45) is 0.742. The quantitative estimate of drug-likeness (QED) is 0.627. The molecule has 1 N–H and O–H groups in total. The summed E-state index contributed by atoms with van der Waals surface area (Å²) < 4.78 is 0.971. The van der Waals surface area contributed by atoms with Crippen LogP contribution in [-0.2, 0) is 17.8 Å². The summed E-state index contributed by atoms with van der Waals surface area (Å²) in [4.78, 5) is 50.9. The van der Waals surface area contributed by atoms with Crippen molar-refractivity contribution in [2.75, 3.05) is 10.2 Å². The number of carbonyl (C=O) groups is 3. The number of hydrogen-bond acceptors (Lipinski definition) is 5. The van der Waals surface area contributed by atoms with Gasteiger partial charge in [-0.1, -0.05) is 18.2 Å². The topological polar surface area (TPSA) is 101 Å². The molecule has 1 atom stereocenters. The number of nitrogens with one attached hydrogen (secondary N) is 1. The molecule has 2 amide bonds. The van der Waals surface area contributed by atoms with Crippen molar-refractivity contribution in [3.8, 4) is 0 Å². The fraction of sp³-hybridized carbons (Fsp3) is 0.208. The molecular weight excluding hydrogens is 408 g/mol. The molecule has 162 valence electrons. The van der Waals surface area contributed by atoms with Gasteiger partial charge in [0, 0.05) is 29.0 Å². The van der Waals surface area contributed by atoms with Gasteiger partial charge in [0.15, 0.2) is 5.78 Å². The summed E-state index contributed by atoms with van der Waals surface area (Å²) in [6, 6.07) is 16.7. The van der Waals surface area contributed by atoms with E-state index in [0.717, 1.165) is 22.4 Å². The third-order valence-corrected chi connectivity index (χ3v) is 5.38. The first-order valence-corrected chi connectivity index (χ1v) is 10.2. The predicted octanol–water partition coefficient (Wildman–Crippen LogP) is 2.68. The molecule has 8 nitrogen and oxygen atoms in total. The fourth-order valence-electron chi connectivity index (χ4n) is 3.80. The van der Waals surface area contributed by atoms with E-state index in [-0.39, 0.29) is 30.0 Å². The molecule has 8 heteroatoms. The molecule has 0 saturated carbocycles. The van der Waals surface area contributed by atoms with Crippen LogP contribution in [0.25, 0.3) is 0 Å². The molecule has 0 spiro atoms. The van der Waals surface area contributed by atoms with Crippen molar-refractivity contribution >= 4 is 29.0 Å². The molecule has 0 unspecified atom stereocenters. The molecule has 0 bridgehead atoms. The van der Waals surface area contributed by atoms with Gasteiger partial charge >= 0.3 is 0 Å². The van der Waals surface area contributed by atoms with E-state index in [0.29, 0.717) is 11.3 Å². The number of ketones is 1. The van der Waals surface area contributed by atoms with Gasteiger partial charge < -0.3 is 10.2 Å². The molecule has 1 aromatic heterocycles. The minimum absolute atomic E-state index is 0.0386. The number of anilines is 2. The van der Waals surface area contributed by atoms with Crippen LogP contribution in [0.1, 0.15) is 40.3 Å². The number of fused-ring (bicyclic) bond motifs is 1. The molecule has 0 radical (unpaired) electrons. The molecule has 0 saturated heterocycles. The highest BCUT2D eigenvalue weighted by Crippen LogP contribution is 2.32. The molecule has 0 fully saturated rings. The number of para-hydroxylation sites is 1. The molecule has 4 rings (SSSR count). The molecular formula is C24H22N4O4. The molecule has 3 aromatic rings. The number of aromatic nitrogens is 2. The largest absolute Gasteiger partial charge is 0.324 e. The second-order valence-corrected chi connectivity index (χ2v) is 7.75. The summed E-state index contributed by atoms with van der Waals surface area (Å²) in [5, 5.41) is 6.81. The third-order valence-electron chi connectivity index (χ3n) is 5.38. The zero-order valence-electron chi connectivity index (χ0n) is 17.7. The zero-order chi connectivity index (χ0) is 22.8. The van der Waals surface area contributed by atoms with Gasteiger partial charge in [-0.3, -0.25) is 19.2 Å². The average molecular weight is 430 g/mol. The van der Waals surface area contributed by atoms with E-state index in [9.17, 15) is 19.2 Å². The van der Waals surface area contributed by atoms with Crippen molar-refractivity contribution in [2.24, 2.45) is 0 Å². The van der Waals surface area contributed by atoms with E-state index in [1.807, 2.05) is 31.2 Å². The first-order valence-electron chi connectivity index (χ1n) is 10.2. The molecule has 2 aromatic carbocycles. The Hall–Kier alpha value is -4.07. The highest BCUT2D eigenvalue weighted by Gasteiger charge is 2.32. The average Bonchev–Trinajstić information content (AvgIpc) is 3.10. The van der Waals surface area contributed by atoms with Gasteiger partial charge in [0.2, 0.25) is 5.91 Å². The maximum absolute atomic E-state index is 13.2. The zero-order valence-corrected chi connectivity index (χ0v) is 17.7. The number of carbonyl (C=O) groups excluding carboxylic acids is 3. The first-order chi connectivity index (χ1) is 15.3. The van der Waals surface area contributed by atoms with Crippen molar-refractivity contribution in [3.63, 3.8) is 0 Å². The van der Waals surface area contributed by atoms with Crippen molar-refractivity contribution in [1.82, 2.24) is 9.78 Å². The molecule has 1 aliphatic rings. The van der Waals surface area contributed by atoms with Crippen LogP contribution in [0, 0.1) is 0 Å². The van der Waals surface area contributed by atoms with Crippen LogP contribution in [0.15, 0.2) is 65.5 Å². The van der Waals surface area contributed by atoms with E-state index < -0.39 is 11.5 Å². The van der Waals surface area contributed by atoms with Crippen molar-refractivity contribution < 1.29 is 14.4 Å². The van der Waals surface area contributed by atoms with Gasteiger partial charge in [0.25, 0.3) is 11.5 Å². The summed E-state index contributed by atoms with van der Waals surface area (Å²) in [7, 11) is 0. The molecule has 2 heterocycles. The second kappa shape index (κ2) is 8.58. The van der Waals surface area contributed by atoms with E-state index in [2.05, 4.69) is 10.4 Å². The normalized spacial score (nSPS) is 14.7. The molecule has 0 aliphatic carbocycles. The number of hydrogen-bond donors (Lipinski definition) is 1. The van der Waals surface area contributed by atoms with Crippen LogP contribution in [0.3, 0.4) is 0 Å². The Morgan fingerprint density at radius 2 is 1.75 bits per heavy atom. The van der Waals surface area contributed by atoms with E-state index in [1.54, 1.807) is 29.2 Å². The van der Waals surface area contributed by atoms with Gasteiger partial charge in [-0.2, -0.15) is 5.10 Å². The van der Waals surface area contributed by atoms with E-state index in [1.165, 1.54) is 19.1 Å². The van der Waals surface area contributed by atoms with Crippen molar-refractivity contribution in [1.29, 1.82) is 0 Å². The van der Waals surface area contributed by atoms with Gasteiger partial charge in [-0.25, -0.2) is 4.68 Å². The smallest absolute Gasteiger partial charge is 0.278 e. The van der Waals surface area contributed by atoms with E-state index >= 15 is 0 Å². The highest BCUT2D eigenvalue weighted by atomic mass is 16.2. The van der Waals surface area contributed by atoms with Gasteiger partial charge in [-0.05, 0) is 62.2 Å². The lowest BCUT2D eigenvalue weighted by Crippen LogP contribution is -2.38. The van der Waals surface area contributed by atoms with Crippen LogP contribution in [0.4, 0.5) is 11.4 Å². The predicted molar refractivity (Wildman–Crippen MR) is 120 cm³/mol. The lowest BCUT2D eigenvalue weighted by molar-refractivity contribution is -0.117. The Morgan fingerprint density at radius 1 is 1.03 bits per heavy atom. The van der Waals surface area contributed by atoms with Gasteiger partial charge in [0.05, 0.1) is 0 Å². The van der Waals surface area contributed by atoms with Crippen LogP contribution >= 0.6 is 0 Å². The number of benzene rings is 2. The maximum atomic E-state index is 13.2. The Bertz CT molecular complexity index is 1260. The third kappa shape index (κ3) is 4.20. The van der Waals surface area contributed by atoms with Gasteiger partial charge in [-0.15, -0.1) is 0 Å². The summed E-state index contributed by atoms with van der Waals surface area (Å²) >= 11 is 0. The first kappa shape index (κ1) is 21.2. The van der Waals surface area contributed by atoms with Crippen LogP contribution in [0.5, 0.6) is 0 Å². The Balaban J connectivity index is 1.51. The number of nitrogens with zero attached hydrogens (tertiary/aromatic N) is 3.